The normalized spacial score (nSPS) is 46.9. The largest absolute Gasteiger partial charge is 0.394 e. The number of rotatable bonds is 6. The van der Waals surface area contributed by atoms with Crippen molar-refractivity contribution in [1.29, 1.82) is 0 Å². The van der Waals surface area contributed by atoms with Gasteiger partial charge in [-0.05, 0) is 25.7 Å². The molecule has 0 aromatic carbocycles. The molecule has 0 saturated carbocycles. The van der Waals surface area contributed by atoms with Crippen LogP contribution in [0.2, 0.25) is 0 Å². The van der Waals surface area contributed by atoms with Crippen LogP contribution in [-0.4, -0.2) is 64.9 Å². The highest BCUT2D eigenvalue weighted by atomic mass is 32.5. The predicted octanol–water partition coefficient (Wildman–Crippen LogP) is 0.805. The lowest BCUT2D eigenvalue weighted by Crippen LogP contribution is -2.32. The van der Waals surface area contributed by atoms with Crippen LogP contribution in [0, 0.1) is 11.8 Å². The van der Waals surface area contributed by atoms with Crippen LogP contribution >= 0.6 is 6.72 Å². The molecule has 0 radical (unpaired) electrons. The monoisotopic (exact) mass is 370 g/mol. The van der Waals surface area contributed by atoms with Gasteiger partial charge in [-0.1, -0.05) is 13.8 Å². The van der Waals surface area contributed by atoms with E-state index in [1.165, 1.54) is 0 Å². The van der Waals surface area contributed by atoms with Gasteiger partial charge in [-0.15, -0.1) is 0 Å². The highest BCUT2D eigenvalue weighted by molar-refractivity contribution is 8.07. The van der Waals surface area contributed by atoms with Gasteiger partial charge in [0.1, 0.15) is 18.3 Å². The van der Waals surface area contributed by atoms with E-state index in [2.05, 4.69) is 0 Å². The number of hydrogen-bond acceptors (Lipinski definition) is 7. The van der Waals surface area contributed by atoms with Crippen LogP contribution in [0.15, 0.2) is 0 Å². The van der Waals surface area contributed by atoms with E-state index in [0.717, 1.165) is 0 Å². The second kappa shape index (κ2) is 7.72. The third-order valence-electron chi connectivity index (χ3n) is 4.90. The Morgan fingerprint density at radius 1 is 1.04 bits per heavy atom. The Morgan fingerprint density at radius 2 is 1.61 bits per heavy atom. The Hall–Kier alpha value is 0.370. The quantitative estimate of drug-likeness (QED) is 0.591. The van der Waals surface area contributed by atoms with Crippen LogP contribution in [0.4, 0.5) is 0 Å². The molecular weight excluding hydrogens is 343 g/mol. The fourth-order valence-corrected chi connectivity index (χ4v) is 4.49. The molecule has 0 bridgehead atoms. The van der Waals surface area contributed by atoms with Crippen LogP contribution in [0.25, 0.3) is 0 Å². The molecule has 9 heteroatoms. The van der Waals surface area contributed by atoms with E-state index in [0.29, 0.717) is 0 Å². The van der Waals surface area contributed by atoms with Gasteiger partial charge < -0.3 is 33.6 Å². The van der Waals surface area contributed by atoms with Gasteiger partial charge in [-0.25, -0.2) is 0 Å². The van der Waals surface area contributed by atoms with Crippen molar-refractivity contribution in [3.63, 3.8) is 0 Å². The molecule has 23 heavy (non-hydrogen) atoms. The van der Waals surface area contributed by atoms with Gasteiger partial charge in [-0.2, -0.15) is 0 Å². The first kappa shape index (κ1) is 19.7. The Balaban J connectivity index is 1.91. The molecule has 2 fully saturated rings. The van der Waals surface area contributed by atoms with Crippen LogP contribution in [-0.2, 0) is 30.3 Å². The number of ether oxygens (including phenoxy) is 2. The van der Waals surface area contributed by atoms with Gasteiger partial charge in [-0.3, -0.25) is 0 Å². The third kappa shape index (κ3) is 4.51. The van der Waals surface area contributed by atoms with Crippen LogP contribution in [0.5, 0.6) is 0 Å². The second-order valence-electron chi connectivity index (χ2n) is 6.49. The summed E-state index contributed by atoms with van der Waals surface area (Å²) >= 11 is 5.05. The van der Waals surface area contributed by atoms with Crippen molar-refractivity contribution in [2.24, 2.45) is 11.8 Å². The smallest absolute Gasteiger partial charge is 0.324 e. The van der Waals surface area contributed by atoms with Crippen molar-refractivity contribution in [3.8, 4) is 0 Å². The van der Waals surface area contributed by atoms with E-state index in [4.69, 9.17) is 30.3 Å². The highest BCUT2D eigenvalue weighted by Crippen LogP contribution is 2.49. The maximum absolute atomic E-state index is 10.3. The Kier molecular flexibility index (Phi) is 6.61. The van der Waals surface area contributed by atoms with Gasteiger partial charge in [0.25, 0.3) is 0 Å². The van der Waals surface area contributed by atoms with E-state index in [1.54, 1.807) is 0 Å². The molecule has 0 aliphatic carbocycles. The number of aliphatic hydroxyl groups excluding tert-OH is 2. The molecule has 7 nitrogen and oxygen atoms in total. The van der Waals surface area contributed by atoms with E-state index in [1.807, 2.05) is 27.7 Å². The zero-order chi connectivity index (χ0) is 17.4. The van der Waals surface area contributed by atoms with Gasteiger partial charge in [0.2, 0.25) is 0 Å². The molecule has 2 rings (SSSR count). The highest BCUT2D eigenvalue weighted by Gasteiger charge is 2.44. The topological polar surface area (TPSA) is 97.6 Å². The van der Waals surface area contributed by atoms with Gasteiger partial charge in [0.15, 0.2) is 0 Å². The fraction of sp³-hybridized carbons (Fsp3) is 1.00. The summed E-state index contributed by atoms with van der Waals surface area (Å²) in [5.41, 5.74) is 0. The molecular formula is C14H27O7PS. The molecule has 2 aliphatic heterocycles. The van der Waals surface area contributed by atoms with Gasteiger partial charge in [0, 0.05) is 11.8 Å². The van der Waals surface area contributed by atoms with E-state index >= 15 is 0 Å². The fourth-order valence-electron chi connectivity index (χ4n) is 2.98. The molecule has 2 heterocycles. The van der Waals surface area contributed by atoms with Crippen molar-refractivity contribution < 1.29 is 33.6 Å². The summed E-state index contributed by atoms with van der Waals surface area (Å²) in [6.45, 7) is 3.79. The third-order valence-corrected chi connectivity index (χ3v) is 6.46. The Morgan fingerprint density at radius 3 is 2.13 bits per heavy atom. The lowest BCUT2D eigenvalue weighted by Gasteiger charge is -2.26. The summed E-state index contributed by atoms with van der Waals surface area (Å²) in [6, 6.07) is 0. The molecule has 136 valence electrons. The van der Waals surface area contributed by atoms with Crippen LogP contribution in [0.1, 0.15) is 27.7 Å². The first-order chi connectivity index (χ1) is 10.7. The summed E-state index contributed by atoms with van der Waals surface area (Å²) in [6.07, 6.45) is -2.46. The SMILES string of the molecule is C[C@@H]1O[C@H](COP(O)(=S)OC2[C@@H](CO)O[C@@H](C)[C@H]2C)C(O)[C@@H]1C. The van der Waals surface area contributed by atoms with Crippen molar-refractivity contribution in [3.05, 3.63) is 0 Å². The Labute approximate surface area is 142 Å². The summed E-state index contributed by atoms with van der Waals surface area (Å²) < 4.78 is 22.1. The van der Waals surface area contributed by atoms with Crippen LogP contribution < -0.4 is 0 Å². The van der Waals surface area contributed by atoms with Crippen molar-refractivity contribution >= 4 is 18.5 Å². The van der Waals surface area contributed by atoms with Crippen molar-refractivity contribution in [2.75, 3.05) is 13.2 Å². The first-order valence-electron chi connectivity index (χ1n) is 7.92. The predicted molar refractivity (Wildman–Crippen MR) is 87.4 cm³/mol. The van der Waals surface area contributed by atoms with E-state index in [9.17, 15) is 15.1 Å². The molecule has 3 N–H and O–H groups in total. The van der Waals surface area contributed by atoms with Crippen LogP contribution in [0.3, 0.4) is 0 Å². The zero-order valence-corrected chi connectivity index (χ0v) is 15.6. The molecule has 0 amide bonds. The van der Waals surface area contributed by atoms with Gasteiger partial charge in [0.05, 0.1) is 31.5 Å². The average molecular weight is 370 g/mol. The minimum absolute atomic E-state index is 0.0102. The molecule has 0 aromatic rings. The second-order valence-corrected chi connectivity index (χ2v) is 9.28. The lowest BCUT2D eigenvalue weighted by molar-refractivity contribution is -0.0283. The minimum Gasteiger partial charge on any atom is -0.394 e. The standard InChI is InChI=1S/C14H27O7PS/c1-7-9(3)20-12(13(7)16)6-18-22(17,23)21-14-8(2)10(4)19-11(14)5-15/h7-16H,5-6H2,1-4H3,(H,17,23)/t7-,8-,9+,10+,11-,12-,13?,14?,22?/m1/s1. The maximum atomic E-state index is 10.3. The molecule has 0 aromatic heterocycles. The molecule has 3 unspecified atom stereocenters. The molecule has 0 spiro atoms. The maximum Gasteiger partial charge on any atom is 0.324 e. The van der Waals surface area contributed by atoms with Crippen molar-refractivity contribution in [2.45, 2.75) is 64.3 Å². The van der Waals surface area contributed by atoms with Gasteiger partial charge >= 0.3 is 6.72 Å². The molecule has 9 atom stereocenters. The summed E-state index contributed by atoms with van der Waals surface area (Å²) in [5.74, 6) is -0.0393. The zero-order valence-electron chi connectivity index (χ0n) is 13.9. The minimum atomic E-state index is -3.52. The summed E-state index contributed by atoms with van der Waals surface area (Å²) in [7, 11) is 0. The average Bonchev–Trinajstić information content (AvgIpc) is 2.89. The first-order valence-corrected chi connectivity index (χ1v) is 10.5. The van der Waals surface area contributed by atoms with Crippen molar-refractivity contribution in [1.82, 2.24) is 0 Å². The molecule has 2 aliphatic rings. The Bertz CT molecular complexity index is 451. The molecule has 2 saturated heterocycles. The summed E-state index contributed by atoms with van der Waals surface area (Å²) in [5, 5.41) is 19.4. The number of hydrogen-bond donors (Lipinski definition) is 3. The number of aliphatic hydroxyl groups is 2. The van der Waals surface area contributed by atoms with E-state index < -0.39 is 31.1 Å². The van der Waals surface area contributed by atoms with E-state index in [-0.39, 0.29) is 37.3 Å². The summed E-state index contributed by atoms with van der Waals surface area (Å²) in [4.78, 5) is 10.3. The lowest BCUT2D eigenvalue weighted by atomic mass is 10.00.